The Balaban J connectivity index is 1.64. The molecular weight excluding hydrogens is 370 g/mol. The lowest BCUT2D eigenvalue weighted by molar-refractivity contribution is -0.121. The number of benzene rings is 2. The Morgan fingerprint density at radius 2 is 1.75 bits per heavy atom. The summed E-state index contributed by atoms with van der Waals surface area (Å²) in [5.41, 5.74) is 2.91. The van der Waals surface area contributed by atoms with Crippen LogP contribution in [0.15, 0.2) is 70.6 Å². The highest BCUT2D eigenvalue weighted by atomic mass is 32.2. The van der Waals surface area contributed by atoms with E-state index in [9.17, 15) is 9.59 Å². The molecular formula is C22H23N3O2S. The standard InChI is InChI=1S/C22H23N3O2S/c1-15(18-11-7-4-8-12-18)23-20(26)13-19-16(2)24-22(25-21(19)27)28-14-17-9-5-3-6-10-17/h3-12,15H,13-14H2,1-2H3,(H,23,26)(H,24,25,27). The number of aryl methyl sites for hydroxylation is 1. The fourth-order valence-electron chi connectivity index (χ4n) is 2.87. The maximum absolute atomic E-state index is 12.5. The normalized spacial score (nSPS) is 11.8. The van der Waals surface area contributed by atoms with Crippen molar-refractivity contribution in [3.63, 3.8) is 0 Å². The number of aromatic amines is 1. The molecule has 0 spiro atoms. The van der Waals surface area contributed by atoms with Crippen molar-refractivity contribution in [2.75, 3.05) is 0 Å². The molecule has 1 heterocycles. The number of nitrogens with one attached hydrogen (secondary N) is 2. The molecule has 28 heavy (non-hydrogen) atoms. The highest BCUT2D eigenvalue weighted by molar-refractivity contribution is 7.98. The second-order valence-electron chi connectivity index (χ2n) is 6.59. The highest BCUT2D eigenvalue weighted by Crippen LogP contribution is 2.19. The van der Waals surface area contributed by atoms with E-state index in [2.05, 4.69) is 15.3 Å². The third-order valence-electron chi connectivity index (χ3n) is 4.43. The van der Waals surface area contributed by atoms with Crippen molar-refractivity contribution in [1.82, 2.24) is 15.3 Å². The molecule has 5 nitrogen and oxygen atoms in total. The van der Waals surface area contributed by atoms with E-state index >= 15 is 0 Å². The molecule has 0 fully saturated rings. The van der Waals surface area contributed by atoms with Gasteiger partial charge in [0.25, 0.3) is 5.56 Å². The predicted molar refractivity (Wildman–Crippen MR) is 112 cm³/mol. The molecule has 0 aliphatic carbocycles. The molecule has 144 valence electrons. The van der Waals surface area contributed by atoms with E-state index in [1.165, 1.54) is 11.8 Å². The highest BCUT2D eigenvalue weighted by Gasteiger charge is 2.15. The van der Waals surface area contributed by atoms with E-state index < -0.39 is 0 Å². The van der Waals surface area contributed by atoms with Gasteiger partial charge in [-0.2, -0.15) is 0 Å². The summed E-state index contributed by atoms with van der Waals surface area (Å²) in [5.74, 6) is 0.522. The number of hydrogen-bond donors (Lipinski definition) is 2. The van der Waals surface area contributed by atoms with Crippen molar-refractivity contribution < 1.29 is 4.79 Å². The number of aromatic nitrogens is 2. The summed E-state index contributed by atoms with van der Waals surface area (Å²) in [6.45, 7) is 3.69. The SMILES string of the molecule is Cc1nc(SCc2ccccc2)[nH]c(=O)c1CC(=O)NC(C)c1ccccc1. The summed E-state index contributed by atoms with van der Waals surface area (Å²) < 4.78 is 0. The van der Waals surface area contributed by atoms with Gasteiger partial charge in [0.15, 0.2) is 5.16 Å². The summed E-state index contributed by atoms with van der Waals surface area (Å²) in [6, 6.07) is 19.6. The molecule has 0 aliphatic rings. The molecule has 1 amide bonds. The lowest BCUT2D eigenvalue weighted by Gasteiger charge is -2.14. The number of H-pyrrole nitrogens is 1. The van der Waals surface area contributed by atoms with Crippen molar-refractivity contribution >= 4 is 17.7 Å². The second-order valence-corrected chi connectivity index (χ2v) is 7.55. The van der Waals surface area contributed by atoms with Gasteiger partial charge >= 0.3 is 0 Å². The molecule has 6 heteroatoms. The third kappa shape index (κ3) is 5.33. The van der Waals surface area contributed by atoms with Gasteiger partial charge in [0.1, 0.15) is 0 Å². The number of carbonyl (C=O) groups is 1. The number of thioether (sulfide) groups is 1. The summed E-state index contributed by atoms with van der Waals surface area (Å²) >= 11 is 1.47. The van der Waals surface area contributed by atoms with Crippen LogP contribution in [-0.2, 0) is 17.0 Å². The fraction of sp³-hybridized carbons (Fsp3) is 0.227. The molecule has 0 radical (unpaired) electrons. The lowest BCUT2D eigenvalue weighted by Crippen LogP contribution is -2.31. The smallest absolute Gasteiger partial charge is 0.255 e. The van der Waals surface area contributed by atoms with Crippen molar-refractivity contribution in [2.45, 2.75) is 37.2 Å². The Morgan fingerprint density at radius 3 is 2.39 bits per heavy atom. The Bertz CT molecular complexity index is 988. The molecule has 0 saturated heterocycles. The fourth-order valence-corrected chi connectivity index (χ4v) is 3.73. The van der Waals surface area contributed by atoms with Crippen LogP contribution < -0.4 is 10.9 Å². The van der Waals surface area contributed by atoms with Crippen LogP contribution in [0.25, 0.3) is 0 Å². The first-order valence-electron chi connectivity index (χ1n) is 9.13. The van der Waals surface area contributed by atoms with Crippen LogP contribution in [0, 0.1) is 6.92 Å². The van der Waals surface area contributed by atoms with Crippen molar-refractivity contribution in [3.8, 4) is 0 Å². The number of hydrogen-bond acceptors (Lipinski definition) is 4. The van der Waals surface area contributed by atoms with Gasteiger partial charge in [0, 0.05) is 17.0 Å². The summed E-state index contributed by atoms with van der Waals surface area (Å²) in [7, 11) is 0. The van der Waals surface area contributed by atoms with Gasteiger partial charge in [-0.05, 0) is 25.0 Å². The maximum Gasteiger partial charge on any atom is 0.255 e. The van der Waals surface area contributed by atoms with Gasteiger partial charge in [0.05, 0.1) is 12.5 Å². The minimum atomic E-state index is -0.259. The molecule has 0 bridgehead atoms. The molecule has 3 rings (SSSR count). The zero-order valence-corrected chi connectivity index (χ0v) is 16.8. The maximum atomic E-state index is 12.5. The van der Waals surface area contributed by atoms with E-state index in [0.29, 0.717) is 16.4 Å². The Hall–Kier alpha value is -2.86. The average molecular weight is 394 g/mol. The van der Waals surface area contributed by atoms with E-state index in [1.807, 2.05) is 67.6 Å². The number of nitrogens with zero attached hydrogens (tertiary/aromatic N) is 1. The van der Waals surface area contributed by atoms with Crippen molar-refractivity contribution in [2.24, 2.45) is 0 Å². The predicted octanol–water partition coefficient (Wildman–Crippen LogP) is 3.79. The van der Waals surface area contributed by atoms with Gasteiger partial charge in [0.2, 0.25) is 5.91 Å². The minimum Gasteiger partial charge on any atom is -0.349 e. The quantitative estimate of drug-likeness (QED) is 0.473. The number of rotatable bonds is 7. The van der Waals surface area contributed by atoms with E-state index in [4.69, 9.17) is 0 Å². The summed E-state index contributed by atoms with van der Waals surface area (Å²) in [5, 5.41) is 3.50. The van der Waals surface area contributed by atoms with Gasteiger partial charge in [-0.15, -0.1) is 0 Å². The van der Waals surface area contributed by atoms with Gasteiger partial charge in [-0.3, -0.25) is 9.59 Å². The van der Waals surface area contributed by atoms with Crippen LogP contribution in [-0.4, -0.2) is 15.9 Å². The van der Waals surface area contributed by atoms with Gasteiger partial charge in [-0.1, -0.05) is 72.4 Å². The second kappa shape index (κ2) is 9.37. The van der Waals surface area contributed by atoms with Crippen LogP contribution in [0.4, 0.5) is 0 Å². The van der Waals surface area contributed by atoms with Crippen LogP contribution in [0.2, 0.25) is 0 Å². The molecule has 2 N–H and O–H groups in total. The summed E-state index contributed by atoms with van der Waals surface area (Å²) in [4.78, 5) is 32.1. The zero-order valence-electron chi connectivity index (χ0n) is 15.9. The lowest BCUT2D eigenvalue weighted by atomic mass is 10.1. The first-order chi connectivity index (χ1) is 13.5. The topological polar surface area (TPSA) is 74.8 Å². The number of carbonyl (C=O) groups excluding carboxylic acids is 1. The van der Waals surface area contributed by atoms with Gasteiger partial charge < -0.3 is 10.3 Å². The monoisotopic (exact) mass is 393 g/mol. The molecule has 1 atom stereocenters. The Morgan fingerprint density at radius 1 is 1.11 bits per heavy atom. The van der Waals surface area contributed by atoms with Crippen LogP contribution in [0.5, 0.6) is 0 Å². The molecule has 1 aromatic heterocycles. The van der Waals surface area contributed by atoms with Crippen LogP contribution in [0.3, 0.4) is 0 Å². The molecule has 0 saturated carbocycles. The Kier molecular flexibility index (Phi) is 6.66. The largest absolute Gasteiger partial charge is 0.349 e. The first kappa shape index (κ1) is 19.9. The van der Waals surface area contributed by atoms with E-state index in [1.54, 1.807) is 6.92 Å². The van der Waals surface area contributed by atoms with E-state index in [0.717, 1.165) is 16.9 Å². The third-order valence-corrected chi connectivity index (χ3v) is 5.38. The van der Waals surface area contributed by atoms with E-state index in [-0.39, 0.29) is 23.9 Å². The molecule has 1 unspecified atom stereocenters. The van der Waals surface area contributed by atoms with Crippen molar-refractivity contribution in [1.29, 1.82) is 0 Å². The first-order valence-corrected chi connectivity index (χ1v) is 10.1. The molecule has 3 aromatic rings. The Labute approximate surface area is 168 Å². The molecule has 0 aliphatic heterocycles. The summed E-state index contributed by atoms with van der Waals surface area (Å²) in [6.07, 6.45) is 0.00890. The van der Waals surface area contributed by atoms with Gasteiger partial charge in [-0.25, -0.2) is 4.98 Å². The number of amides is 1. The average Bonchev–Trinajstić information content (AvgIpc) is 2.70. The van der Waals surface area contributed by atoms with Crippen molar-refractivity contribution in [3.05, 3.63) is 93.4 Å². The van der Waals surface area contributed by atoms with Crippen LogP contribution in [0.1, 0.15) is 35.3 Å². The minimum absolute atomic E-state index is 0.00890. The van der Waals surface area contributed by atoms with Crippen LogP contribution >= 0.6 is 11.8 Å². The molecule has 2 aromatic carbocycles. The zero-order chi connectivity index (χ0) is 19.9.